The largest absolute Gasteiger partial charge is 0.353 e. The third kappa shape index (κ3) is 2.81. The van der Waals surface area contributed by atoms with Crippen LogP contribution in [0.2, 0.25) is 0 Å². The average Bonchev–Trinajstić information content (AvgIpc) is 2.84. The summed E-state index contributed by atoms with van der Waals surface area (Å²) in [6, 6.07) is 6.66. The number of aromatic amines is 1. The van der Waals surface area contributed by atoms with E-state index in [1.807, 2.05) is 0 Å². The zero-order chi connectivity index (χ0) is 15.9. The molecular weight excluding hydrogens is 272 g/mol. The first-order valence-corrected chi connectivity index (χ1v) is 8.48. The van der Waals surface area contributed by atoms with Gasteiger partial charge in [-0.25, -0.2) is 0 Å². The van der Waals surface area contributed by atoms with Crippen molar-refractivity contribution in [2.24, 2.45) is 11.8 Å². The Morgan fingerprint density at radius 3 is 2.73 bits per heavy atom. The number of aryl methyl sites for hydroxylation is 2. The highest BCUT2D eigenvalue weighted by Gasteiger charge is 2.37. The van der Waals surface area contributed by atoms with Gasteiger partial charge in [-0.15, -0.1) is 0 Å². The van der Waals surface area contributed by atoms with Gasteiger partial charge in [-0.05, 0) is 55.9 Å². The van der Waals surface area contributed by atoms with Gasteiger partial charge in [0.15, 0.2) is 0 Å². The van der Waals surface area contributed by atoms with E-state index in [0.29, 0.717) is 18.4 Å². The molecule has 1 saturated carbocycles. The van der Waals surface area contributed by atoms with Gasteiger partial charge < -0.3 is 4.98 Å². The summed E-state index contributed by atoms with van der Waals surface area (Å²) in [5.74, 6) is 1.14. The molecule has 3 atom stereocenters. The molecule has 118 valence electrons. The van der Waals surface area contributed by atoms with E-state index in [9.17, 15) is 4.91 Å². The van der Waals surface area contributed by atoms with E-state index in [-0.39, 0.29) is 6.04 Å². The summed E-state index contributed by atoms with van der Waals surface area (Å²) in [7, 11) is 0. The Labute approximate surface area is 132 Å². The standard InChI is InChI=1S/C19H27N2O/c1-12-8-14(3)17-10-16(20-18(17)9-12)11-21(22)19-7-5-6-13(2)15(19)4/h8-10,13,15,19-20H,5-7,11H2,1-4H3/q+1. The smallest absolute Gasteiger partial charge is 0.231 e. The molecule has 1 aromatic carbocycles. The molecule has 0 bridgehead atoms. The maximum absolute atomic E-state index is 12.6. The zero-order valence-corrected chi connectivity index (χ0v) is 14.1. The third-order valence-electron chi connectivity index (χ3n) is 5.50. The maximum atomic E-state index is 12.6. The van der Waals surface area contributed by atoms with E-state index in [4.69, 9.17) is 0 Å². The van der Waals surface area contributed by atoms with Crippen LogP contribution in [-0.2, 0) is 6.54 Å². The minimum Gasteiger partial charge on any atom is -0.353 e. The van der Waals surface area contributed by atoms with Gasteiger partial charge in [-0.1, -0.05) is 19.9 Å². The third-order valence-corrected chi connectivity index (χ3v) is 5.50. The van der Waals surface area contributed by atoms with Crippen LogP contribution in [-0.4, -0.2) is 15.8 Å². The molecule has 3 rings (SSSR count). The number of rotatable bonds is 3. The lowest BCUT2D eigenvalue weighted by atomic mass is 9.78. The Morgan fingerprint density at radius 2 is 1.95 bits per heavy atom. The molecule has 0 spiro atoms. The normalized spacial score (nSPS) is 25.5. The van der Waals surface area contributed by atoms with Crippen molar-refractivity contribution in [1.82, 2.24) is 4.98 Å². The highest BCUT2D eigenvalue weighted by atomic mass is 16.3. The second-order valence-corrected chi connectivity index (χ2v) is 7.25. The molecule has 0 amide bonds. The summed E-state index contributed by atoms with van der Waals surface area (Å²) in [6.45, 7) is 9.22. The fourth-order valence-corrected chi connectivity index (χ4v) is 3.99. The molecule has 0 saturated heterocycles. The van der Waals surface area contributed by atoms with Crippen LogP contribution in [0.25, 0.3) is 10.9 Å². The van der Waals surface area contributed by atoms with E-state index < -0.39 is 0 Å². The molecule has 2 aromatic rings. The van der Waals surface area contributed by atoms with E-state index in [2.05, 4.69) is 50.9 Å². The van der Waals surface area contributed by atoms with Crippen LogP contribution in [0.3, 0.4) is 0 Å². The van der Waals surface area contributed by atoms with Crippen LogP contribution in [0.4, 0.5) is 0 Å². The quantitative estimate of drug-likeness (QED) is 0.805. The van der Waals surface area contributed by atoms with E-state index in [0.717, 1.165) is 17.6 Å². The molecule has 1 aliphatic carbocycles. The van der Waals surface area contributed by atoms with Gasteiger partial charge in [0.1, 0.15) is 0 Å². The molecule has 1 N–H and O–H groups in total. The van der Waals surface area contributed by atoms with Crippen molar-refractivity contribution in [2.75, 3.05) is 0 Å². The summed E-state index contributed by atoms with van der Waals surface area (Å²) in [5, 5.41) is 1.24. The number of aromatic nitrogens is 1. The van der Waals surface area contributed by atoms with Gasteiger partial charge in [0.05, 0.1) is 5.69 Å². The predicted molar refractivity (Wildman–Crippen MR) is 91.1 cm³/mol. The number of nitroso groups, excluding NO2 is 1. The molecular formula is C19H27N2O+. The molecule has 0 radical (unpaired) electrons. The van der Waals surface area contributed by atoms with Crippen molar-refractivity contribution in [3.63, 3.8) is 0 Å². The Morgan fingerprint density at radius 1 is 1.18 bits per heavy atom. The molecule has 1 aliphatic rings. The van der Waals surface area contributed by atoms with Crippen molar-refractivity contribution in [3.8, 4) is 0 Å². The molecule has 0 aliphatic heterocycles. The molecule has 1 heterocycles. The number of benzene rings is 1. The molecule has 22 heavy (non-hydrogen) atoms. The van der Waals surface area contributed by atoms with Crippen LogP contribution in [0.5, 0.6) is 0 Å². The van der Waals surface area contributed by atoms with Gasteiger partial charge in [0.25, 0.3) is 0 Å². The monoisotopic (exact) mass is 299 g/mol. The van der Waals surface area contributed by atoms with E-state index in [1.165, 1.54) is 34.1 Å². The van der Waals surface area contributed by atoms with Crippen molar-refractivity contribution in [3.05, 3.63) is 39.9 Å². The van der Waals surface area contributed by atoms with Gasteiger partial charge in [-0.2, -0.15) is 0 Å². The minimum absolute atomic E-state index is 0.165. The van der Waals surface area contributed by atoms with Crippen molar-refractivity contribution in [2.45, 2.75) is 59.5 Å². The molecule has 1 aromatic heterocycles. The van der Waals surface area contributed by atoms with Crippen LogP contribution >= 0.6 is 0 Å². The van der Waals surface area contributed by atoms with Gasteiger partial charge in [0, 0.05) is 32.9 Å². The van der Waals surface area contributed by atoms with Crippen molar-refractivity contribution >= 4 is 10.9 Å². The fourth-order valence-electron chi connectivity index (χ4n) is 3.99. The fraction of sp³-hybridized carbons (Fsp3) is 0.579. The Hall–Kier alpha value is -1.64. The van der Waals surface area contributed by atoms with E-state index in [1.54, 1.807) is 0 Å². The predicted octanol–water partition coefficient (Wildman–Crippen LogP) is 4.89. The van der Waals surface area contributed by atoms with Crippen LogP contribution in [0.1, 0.15) is 49.9 Å². The lowest BCUT2D eigenvalue weighted by molar-refractivity contribution is -0.613. The summed E-state index contributed by atoms with van der Waals surface area (Å²) < 4.78 is 1.31. The summed E-state index contributed by atoms with van der Waals surface area (Å²) in [5.41, 5.74) is 4.71. The molecule has 3 nitrogen and oxygen atoms in total. The lowest BCUT2D eigenvalue weighted by Crippen LogP contribution is -2.37. The summed E-state index contributed by atoms with van der Waals surface area (Å²) in [6.07, 6.45) is 3.48. The highest BCUT2D eigenvalue weighted by Crippen LogP contribution is 2.32. The number of nitrogens with one attached hydrogen (secondary N) is 1. The van der Waals surface area contributed by atoms with Gasteiger partial charge in [-0.3, -0.25) is 0 Å². The van der Waals surface area contributed by atoms with Crippen molar-refractivity contribution in [1.29, 1.82) is 0 Å². The summed E-state index contributed by atoms with van der Waals surface area (Å²) >= 11 is 0. The second-order valence-electron chi connectivity index (χ2n) is 7.25. The summed E-state index contributed by atoms with van der Waals surface area (Å²) in [4.78, 5) is 16.1. The average molecular weight is 299 g/mol. The molecule has 1 fully saturated rings. The SMILES string of the molecule is Cc1cc(C)c2cc(C[N+](=O)C3CCCC(C)C3C)[nH]c2c1. The lowest BCUT2D eigenvalue weighted by Gasteiger charge is -2.28. The van der Waals surface area contributed by atoms with Gasteiger partial charge >= 0.3 is 0 Å². The van der Waals surface area contributed by atoms with Crippen molar-refractivity contribution < 1.29 is 4.76 Å². The highest BCUT2D eigenvalue weighted by molar-refractivity contribution is 5.84. The van der Waals surface area contributed by atoms with Crippen LogP contribution in [0, 0.1) is 30.6 Å². The minimum atomic E-state index is 0.165. The first kappa shape index (κ1) is 15.3. The second kappa shape index (κ2) is 5.86. The van der Waals surface area contributed by atoms with E-state index >= 15 is 0 Å². The maximum Gasteiger partial charge on any atom is 0.231 e. The number of hydrogen-bond acceptors (Lipinski definition) is 1. The number of hydrogen-bond donors (Lipinski definition) is 1. The first-order chi connectivity index (χ1) is 10.5. The Bertz CT molecular complexity index is 701. The number of H-pyrrole nitrogens is 1. The zero-order valence-electron chi connectivity index (χ0n) is 14.1. The van der Waals surface area contributed by atoms with Crippen LogP contribution < -0.4 is 0 Å². The topological polar surface area (TPSA) is 35.9 Å². The van der Waals surface area contributed by atoms with Crippen LogP contribution in [0.15, 0.2) is 18.2 Å². The first-order valence-electron chi connectivity index (χ1n) is 8.48. The number of fused-ring (bicyclic) bond motifs is 1. The number of nitrogens with zero attached hydrogens (tertiary/aromatic N) is 1. The van der Waals surface area contributed by atoms with Gasteiger partial charge in [0.2, 0.25) is 12.6 Å². The Kier molecular flexibility index (Phi) is 4.07. The Balaban J connectivity index is 1.81. The molecule has 3 unspecified atom stereocenters. The molecule has 3 heteroatoms.